The summed E-state index contributed by atoms with van der Waals surface area (Å²) in [6.07, 6.45) is -1.49. The standard InChI is InChI=1S/C25H24N4O5S/c1-33-24(31)28-23(29-25(32)34-2)26-18-13-14-20(21(16-18)35-19-11-7-4-8-12-19)27-22(30)15-17-9-5-3-6-10-17/h3-14,16H,15H2,1-2H3,(H,27,30)(H2,26,28,29,31,32). The van der Waals surface area contributed by atoms with Crippen LogP contribution >= 0.6 is 11.8 Å². The second-order valence-corrected chi connectivity index (χ2v) is 8.12. The van der Waals surface area contributed by atoms with Crippen LogP contribution in [0, 0.1) is 0 Å². The first-order valence-corrected chi connectivity index (χ1v) is 11.3. The second kappa shape index (κ2) is 12.8. The summed E-state index contributed by atoms with van der Waals surface area (Å²) in [5.41, 5.74) is 2.01. The van der Waals surface area contributed by atoms with Crippen molar-refractivity contribution in [3.63, 3.8) is 0 Å². The van der Waals surface area contributed by atoms with E-state index in [1.54, 1.807) is 18.2 Å². The van der Waals surface area contributed by atoms with E-state index >= 15 is 0 Å². The lowest BCUT2D eigenvalue weighted by Gasteiger charge is -2.15. The van der Waals surface area contributed by atoms with E-state index < -0.39 is 12.2 Å². The molecule has 10 heteroatoms. The van der Waals surface area contributed by atoms with Crippen molar-refractivity contribution in [2.75, 3.05) is 24.9 Å². The van der Waals surface area contributed by atoms with Gasteiger partial charge in [-0.3, -0.25) is 10.1 Å². The summed E-state index contributed by atoms with van der Waals surface area (Å²) in [5, 5.41) is 8.15. The van der Waals surface area contributed by atoms with Gasteiger partial charge in [-0.05, 0) is 35.9 Å². The number of guanidine groups is 1. The number of nitrogens with one attached hydrogen (secondary N) is 3. The van der Waals surface area contributed by atoms with Crippen LogP contribution in [0.2, 0.25) is 0 Å². The fourth-order valence-electron chi connectivity index (χ4n) is 2.89. The van der Waals surface area contributed by atoms with Crippen molar-refractivity contribution in [1.29, 1.82) is 0 Å². The van der Waals surface area contributed by atoms with E-state index in [2.05, 4.69) is 30.4 Å². The van der Waals surface area contributed by atoms with Gasteiger partial charge in [-0.2, -0.15) is 0 Å². The first-order chi connectivity index (χ1) is 17.0. The van der Waals surface area contributed by atoms with Gasteiger partial charge in [0.25, 0.3) is 0 Å². The van der Waals surface area contributed by atoms with Gasteiger partial charge in [0.15, 0.2) is 0 Å². The van der Waals surface area contributed by atoms with Crippen molar-refractivity contribution in [3.8, 4) is 0 Å². The van der Waals surface area contributed by atoms with Gasteiger partial charge in [0.1, 0.15) is 0 Å². The monoisotopic (exact) mass is 492 g/mol. The van der Waals surface area contributed by atoms with Crippen molar-refractivity contribution in [2.45, 2.75) is 16.2 Å². The number of aliphatic imine (C=N–C) groups is 1. The molecule has 0 aromatic heterocycles. The van der Waals surface area contributed by atoms with Crippen molar-refractivity contribution in [2.24, 2.45) is 4.99 Å². The number of carbonyl (C=O) groups is 3. The van der Waals surface area contributed by atoms with Crippen LogP contribution in [-0.2, 0) is 20.7 Å². The van der Waals surface area contributed by atoms with Crippen molar-refractivity contribution in [1.82, 2.24) is 5.32 Å². The third-order valence-electron chi connectivity index (χ3n) is 4.48. The molecule has 3 aromatic rings. The highest BCUT2D eigenvalue weighted by Gasteiger charge is 2.13. The Hall–Kier alpha value is -4.31. The zero-order valence-corrected chi connectivity index (χ0v) is 19.9. The summed E-state index contributed by atoms with van der Waals surface area (Å²) < 4.78 is 9.11. The lowest BCUT2D eigenvalue weighted by Crippen LogP contribution is -2.36. The molecule has 0 radical (unpaired) electrons. The Balaban J connectivity index is 1.87. The molecule has 3 rings (SSSR count). The van der Waals surface area contributed by atoms with Gasteiger partial charge in [0.05, 0.1) is 26.3 Å². The van der Waals surface area contributed by atoms with Crippen LogP contribution in [0.5, 0.6) is 0 Å². The molecule has 3 aromatic carbocycles. The Bertz CT molecular complexity index is 1200. The number of hydrogen-bond acceptors (Lipinski definition) is 6. The second-order valence-electron chi connectivity index (χ2n) is 7.01. The molecule has 0 aliphatic carbocycles. The van der Waals surface area contributed by atoms with Gasteiger partial charge in [0, 0.05) is 15.5 Å². The smallest absolute Gasteiger partial charge is 0.436 e. The molecule has 0 aliphatic rings. The number of benzene rings is 3. The SMILES string of the molecule is COC(=O)N=C(NC(=O)OC)Nc1ccc(NC(=O)Cc2ccccc2)c(Sc2ccccc2)c1. The lowest BCUT2D eigenvalue weighted by atomic mass is 10.1. The number of amides is 3. The topological polar surface area (TPSA) is 118 Å². The Morgan fingerprint density at radius 1 is 0.857 bits per heavy atom. The van der Waals surface area contributed by atoms with E-state index in [1.165, 1.54) is 26.0 Å². The number of hydrogen-bond donors (Lipinski definition) is 3. The third-order valence-corrected chi connectivity index (χ3v) is 5.55. The summed E-state index contributed by atoms with van der Waals surface area (Å²) in [6.45, 7) is 0. The van der Waals surface area contributed by atoms with Gasteiger partial charge in [-0.15, -0.1) is 4.99 Å². The van der Waals surface area contributed by atoms with Crippen LogP contribution in [0.4, 0.5) is 21.0 Å². The molecule has 0 spiro atoms. The summed E-state index contributed by atoms with van der Waals surface area (Å²) >= 11 is 1.44. The fourth-order valence-corrected chi connectivity index (χ4v) is 3.85. The third kappa shape index (κ3) is 8.20. The highest BCUT2D eigenvalue weighted by molar-refractivity contribution is 7.99. The quantitative estimate of drug-likeness (QED) is 0.331. The Morgan fingerprint density at radius 3 is 2.20 bits per heavy atom. The molecular weight excluding hydrogens is 468 g/mol. The minimum atomic E-state index is -0.910. The minimum Gasteiger partial charge on any atom is -0.453 e. The number of anilines is 2. The number of carbonyl (C=O) groups excluding carboxylic acids is 3. The van der Waals surface area contributed by atoms with Crippen LogP contribution in [0.25, 0.3) is 0 Å². The molecule has 3 N–H and O–H groups in total. The number of rotatable bonds is 6. The predicted molar refractivity (Wildman–Crippen MR) is 135 cm³/mol. The highest BCUT2D eigenvalue weighted by atomic mass is 32.2. The van der Waals surface area contributed by atoms with E-state index in [4.69, 9.17) is 0 Å². The van der Waals surface area contributed by atoms with Crippen LogP contribution in [0.15, 0.2) is 93.6 Å². The van der Waals surface area contributed by atoms with Crippen molar-refractivity contribution in [3.05, 3.63) is 84.4 Å². The maximum absolute atomic E-state index is 12.7. The van der Waals surface area contributed by atoms with E-state index in [0.717, 1.165) is 15.4 Å². The summed E-state index contributed by atoms with van der Waals surface area (Å²) in [6, 6.07) is 24.3. The number of nitrogens with zero attached hydrogens (tertiary/aromatic N) is 1. The maximum Gasteiger partial charge on any atom is 0.436 e. The molecule has 3 amide bonds. The van der Waals surface area contributed by atoms with E-state index in [0.29, 0.717) is 11.4 Å². The summed E-state index contributed by atoms with van der Waals surface area (Å²) in [5.74, 6) is -0.340. The van der Waals surface area contributed by atoms with Crippen LogP contribution in [0.1, 0.15) is 5.56 Å². The molecule has 0 atom stereocenters. The minimum absolute atomic E-state index is 0.160. The van der Waals surface area contributed by atoms with E-state index in [9.17, 15) is 14.4 Å². The number of alkyl carbamates (subject to hydrolysis) is 1. The summed E-state index contributed by atoms with van der Waals surface area (Å²) in [4.78, 5) is 41.3. The molecule has 35 heavy (non-hydrogen) atoms. The fraction of sp³-hybridized carbons (Fsp3) is 0.120. The highest BCUT2D eigenvalue weighted by Crippen LogP contribution is 2.35. The summed E-state index contributed by atoms with van der Waals surface area (Å²) in [7, 11) is 2.36. The molecular formula is C25H24N4O5S. The normalized spacial score (nSPS) is 10.7. The first kappa shape index (κ1) is 25.3. The molecule has 0 saturated carbocycles. The number of ether oxygens (including phenoxy) is 2. The maximum atomic E-state index is 12.7. The van der Waals surface area contributed by atoms with Gasteiger partial charge in [0.2, 0.25) is 11.9 Å². The molecule has 0 saturated heterocycles. The molecule has 0 fully saturated rings. The van der Waals surface area contributed by atoms with Crippen molar-refractivity contribution >= 4 is 47.2 Å². The largest absolute Gasteiger partial charge is 0.453 e. The average Bonchev–Trinajstić information content (AvgIpc) is 2.86. The Labute approximate surface area is 206 Å². The molecule has 0 bridgehead atoms. The zero-order valence-electron chi connectivity index (χ0n) is 19.1. The number of methoxy groups -OCH3 is 2. The van der Waals surface area contributed by atoms with Crippen LogP contribution in [0.3, 0.4) is 0 Å². The molecule has 0 unspecified atom stereocenters. The predicted octanol–water partition coefficient (Wildman–Crippen LogP) is 4.91. The van der Waals surface area contributed by atoms with Gasteiger partial charge in [-0.1, -0.05) is 60.3 Å². The van der Waals surface area contributed by atoms with Gasteiger partial charge >= 0.3 is 12.2 Å². The lowest BCUT2D eigenvalue weighted by molar-refractivity contribution is -0.115. The van der Waals surface area contributed by atoms with Crippen LogP contribution < -0.4 is 16.0 Å². The molecule has 9 nitrogen and oxygen atoms in total. The van der Waals surface area contributed by atoms with Crippen molar-refractivity contribution < 1.29 is 23.9 Å². The van der Waals surface area contributed by atoms with E-state index in [-0.39, 0.29) is 18.3 Å². The first-order valence-electron chi connectivity index (χ1n) is 10.5. The zero-order chi connectivity index (χ0) is 25.0. The Kier molecular flexibility index (Phi) is 9.26. The van der Waals surface area contributed by atoms with E-state index in [1.807, 2.05) is 60.7 Å². The average molecular weight is 493 g/mol. The van der Waals surface area contributed by atoms with Crippen LogP contribution in [-0.4, -0.2) is 38.3 Å². The molecule has 0 heterocycles. The Morgan fingerprint density at radius 2 is 1.54 bits per heavy atom. The molecule has 180 valence electrons. The van der Waals surface area contributed by atoms with Gasteiger partial charge < -0.3 is 20.1 Å². The molecule has 0 aliphatic heterocycles. The van der Waals surface area contributed by atoms with Gasteiger partial charge in [-0.25, -0.2) is 9.59 Å².